The van der Waals surface area contributed by atoms with Crippen LogP contribution in [0.25, 0.3) is 0 Å². The maximum Gasteiger partial charge on any atom is 0.0640 e. The van der Waals surface area contributed by atoms with E-state index >= 15 is 0 Å². The molecular formula is C11H19NOS. The molecule has 0 saturated carbocycles. The zero-order valence-corrected chi connectivity index (χ0v) is 10.1. The Morgan fingerprint density at radius 2 is 2.21 bits per heavy atom. The molecule has 1 heterocycles. The molecule has 2 N–H and O–H groups in total. The molecule has 14 heavy (non-hydrogen) atoms. The van der Waals surface area contributed by atoms with Gasteiger partial charge in [0.05, 0.1) is 5.60 Å². The molecule has 0 saturated heterocycles. The van der Waals surface area contributed by atoms with Gasteiger partial charge in [0.2, 0.25) is 0 Å². The number of rotatable bonds is 4. The van der Waals surface area contributed by atoms with Crippen LogP contribution in [0.4, 0.5) is 0 Å². The first kappa shape index (κ1) is 11.7. The van der Waals surface area contributed by atoms with E-state index in [0.29, 0.717) is 0 Å². The van der Waals surface area contributed by atoms with Crippen molar-refractivity contribution in [3.63, 3.8) is 0 Å². The fourth-order valence-corrected chi connectivity index (χ4v) is 2.28. The van der Waals surface area contributed by atoms with Gasteiger partial charge in [0.25, 0.3) is 0 Å². The lowest BCUT2D eigenvalue weighted by molar-refractivity contribution is 0.00995. The first-order chi connectivity index (χ1) is 6.46. The minimum atomic E-state index is -0.145. The zero-order chi connectivity index (χ0) is 10.8. The van der Waals surface area contributed by atoms with Gasteiger partial charge in [-0.15, -0.1) is 11.3 Å². The van der Waals surface area contributed by atoms with E-state index in [-0.39, 0.29) is 11.6 Å². The van der Waals surface area contributed by atoms with Crippen LogP contribution in [0.2, 0.25) is 0 Å². The van der Waals surface area contributed by atoms with Crippen LogP contribution in [0.1, 0.15) is 36.8 Å². The van der Waals surface area contributed by atoms with Gasteiger partial charge in [-0.1, -0.05) is 0 Å². The van der Waals surface area contributed by atoms with E-state index in [1.165, 1.54) is 10.4 Å². The average Bonchev–Trinajstić information content (AvgIpc) is 2.51. The molecule has 0 radical (unpaired) electrons. The van der Waals surface area contributed by atoms with Gasteiger partial charge in [-0.05, 0) is 44.2 Å². The highest BCUT2D eigenvalue weighted by Gasteiger charge is 2.22. The summed E-state index contributed by atoms with van der Waals surface area (Å²) in [7, 11) is 1.73. The van der Waals surface area contributed by atoms with E-state index in [2.05, 4.69) is 32.2 Å². The standard InChI is InChI=1S/C11H19NOS/c1-8-9(5-6-14-8)10(12)7-11(2,3)13-4/h5-6,10H,7,12H2,1-4H3. The van der Waals surface area contributed by atoms with Gasteiger partial charge in [-0.3, -0.25) is 0 Å². The third-order valence-electron chi connectivity index (χ3n) is 2.56. The molecule has 0 fully saturated rings. The molecule has 2 nitrogen and oxygen atoms in total. The molecule has 1 unspecified atom stereocenters. The van der Waals surface area contributed by atoms with Crippen molar-refractivity contribution in [3.8, 4) is 0 Å². The molecule has 1 aromatic heterocycles. The summed E-state index contributed by atoms with van der Waals surface area (Å²) in [6.07, 6.45) is 0.848. The van der Waals surface area contributed by atoms with E-state index in [1.807, 2.05) is 0 Å². The van der Waals surface area contributed by atoms with Crippen molar-refractivity contribution < 1.29 is 4.74 Å². The van der Waals surface area contributed by atoms with Crippen LogP contribution in [0.5, 0.6) is 0 Å². The second-order valence-electron chi connectivity index (χ2n) is 4.21. The molecule has 80 valence electrons. The number of thiophene rings is 1. The summed E-state index contributed by atoms with van der Waals surface area (Å²) in [4.78, 5) is 1.31. The van der Waals surface area contributed by atoms with Crippen LogP contribution in [0.15, 0.2) is 11.4 Å². The van der Waals surface area contributed by atoms with E-state index in [4.69, 9.17) is 10.5 Å². The molecule has 1 rings (SSSR count). The molecule has 0 amide bonds. The number of hydrogen-bond donors (Lipinski definition) is 1. The fourth-order valence-electron chi connectivity index (χ4n) is 1.50. The van der Waals surface area contributed by atoms with Crippen LogP contribution < -0.4 is 5.73 Å². The van der Waals surface area contributed by atoms with E-state index in [9.17, 15) is 0 Å². The molecule has 0 spiro atoms. The van der Waals surface area contributed by atoms with Crippen molar-refractivity contribution in [2.24, 2.45) is 5.73 Å². The monoisotopic (exact) mass is 213 g/mol. The molecule has 1 aromatic rings. The lowest BCUT2D eigenvalue weighted by Crippen LogP contribution is -2.28. The smallest absolute Gasteiger partial charge is 0.0640 e. The van der Waals surface area contributed by atoms with Gasteiger partial charge in [0.1, 0.15) is 0 Å². The van der Waals surface area contributed by atoms with E-state index < -0.39 is 0 Å². The second-order valence-corrected chi connectivity index (χ2v) is 5.33. The number of nitrogens with two attached hydrogens (primary N) is 1. The van der Waals surface area contributed by atoms with Crippen LogP contribution in [0.3, 0.4) is 0 Å². The highest BCUT2D eigenvalue weighted by Crippen LogP contribution is 2.28. The Kier molecular flexibility index (Phi) is 3.70. The van der Waals surface area contributed by atoms with Crippen molar-refractivity contribution >= 4 is 11.3 Å². The predicted octanol–water partition coefficient (Wildman–Crippen LogP) is 2.87. The van der Waals surface area contributed by atoms with Crippen LogP contribution in [-0.4, -0.2) is 12.7 Å². The topological polar surface area (TPSA) is 35.2 Å². The highest BCUT2D eigenvalue weighted by atomic mass is 32.1. The Balaban J connectivity index is 2.68. The SMILES string of the molecule is COC(C)(C)CC(N)c1ccsc1C. The van der Waals surface area contributed by atoms with Crippen LogP contribution in [-0.2, 0) is 4.74 Å². The third kappa shape index (κ3) is 2.80. The molecule has 0 bridgehead atoms. The van der Waals surface area contributed by atoms with Gasteiger partial charge in [0.15, 0.2) is 0 Å². The Morgan fingerprint density at radius 3 is 2.64 bits per heavy atom. The molecule has 0 aromatic carbocycles. The lowest BCUT2D eigenvalue weighted by Gasteiger charge is -2.26. The minimum Gasteiger partial charge on any atom is -0.379 e. The number of aryl methyl sites for hydroxylation is 1. The number of methoxy groups -OCH3 is 1. The third-order valence-corrected chi connectivity index (χ3v) is 3.42. The highest BCUT2D eigenvalue weighted by molar-refractivity contribution is 7.10. The summed E-state index contributed by atoms with van der Waals surface area (Å²) in [6.45, 7) is 6.24. The van der Waals surface area contributed by atoms with Crippen LogP contribution in [0, 0.1) is 6.92 Å². The Bertz CT molecular complexity index is 293. The summed E-state index contributed by atoms with van der Waals surface area (Å²) >= 11 is 1.75. The minimum absolute atomic E-state index is 0.0798. The summed E-state index contributed by atoms with van der Waals surface area (Å²) in [6, 6.07) is 2.19. The van der Waals surface area contributed by atoms with Crippen molar-refractivity contribution in [2.75, 3.05) is 7.11 Å². The molecule has 0 aliphatic heterocycles. The molecular weight excluding hydrogens is 194 g/mol. The molecule has 0 aliphatic rings. The number of ether oxygens (including phenoxy) is 1. The van der Waals surface area contributed by atoms with Crippen molar-refractivity contribution in [1.29, 1.82) is 0 Å². The van der Waals surface area contributed by atoms with E-state index in [0.717, 1.165) is 6.42 Å². The second kappa shape index (κ2) is 4.43. The molecule has 1 atom stereocenters. The van der Waals surface area contributed by atoms with Gasteiger partial charge in [-0.2, -0.15) is 0 Å². The van der Waals surface area contributed by atoms with Gasteiger partial charge in [-0.25, -0.2) is 0 Å². The first-order valence-electron chi connectivity index (χ1n) is 4.81. The Morgan fingerprint density at radius 1 is 1.57 bits per heavy atom. The lowest BCUT2D eigenvalue weighted by atomic mass is 9.95. The van der Waals surface area contributed by atoms with Crippen molar-refractivity contribution in [1.82, 2.24) is 0 Å². The van der Waals surface area contributed by atoms with Crippen LogP contribution >= 0.6 is 11.3 Å². The maximum absolute atomic E-state index is 6.13. The normalized spacial score (nSPS) is 14.4. The summed E-state index contributed by atoms with van der Waals surface area (Å²) < 4.78 is 5.37. The van der Waals surface area contributed by atoms with Gasteiger partial charge < -0.3 is 10.5 Å². The molecule has 3 heteroatoms. The fraction of sp³-hybridized carbons (Fsp3) is 0.636. The Hall–Kier alpha value is -0.380. The van der Waals surface area contributed by atoms with E-state index in [1.54, 1.807) is 18.4 Å². The quantitative estimate of drug-likeness (QED) is 0.834. The Labute approximate surface area is 90.1 Å². The van der Waals surface area contributed by atoms with Crippen molar-refractivity contribution in [2.45, 2.75) is 38.8 Å². The number of hydrogen-bond acceptors (Lipinski definition) is 3. The summed E-state index contributed by atoms with van der Waals surface area (Å²) in [5, 5.41) is 2.09. The average molecular weight is 213 g/mol. The molecule has 0 aliphatic carbocycles. The largest absolute Gasteiger partial charge is 0.379 e. The predicted molar refractivity (Wildman–Crippen MR) is 61.7 cm³/mol. The van der Waals surface area contributed by atoms with Crippen molar-refractivity contribution in [3.05, 3.63) is 21.9 Å². The van der Waals surface area contributed by atoms with Gasteiger partial charge >= 0.3 is 0 Å². The zero-order valence-electron chi connectivity index (χ0n) is 9.33. The summed E-state index contributed by atoms with van der Waals surface area (Å²) in [5.74, 6) is 0. The first-order valence-corrected chi connectivity index (χ1v) is 5.69. The summed E-state index contributed by atoms with van der Waals surface area (Å²) in [5.41, 5.74) is 7.23. The maximum atomic E-state index is 6.13. The van der Waals surface area contributed by atoms with Gasteiger partial charge in [0, 0.05) is 18.0 Å².